The van der Waals surface area contributed by atoms with Crippen LogP contribution < -0.4 is 14.3 Å². The Balaban J connectivity index is 1.93. The zero-order valence-electron chi connectivity index (χ0n) is 21.2. The molecule has 0 aliphatic rings. The fourth-order valence-electron chi connectivity index (χ4n) is 3.72. The van der Waals surface area contributed by atoms with Gasteiger partial charge in [-0.2, -0.15) is 9.30 Å². The lowest BCUT2D eigenvalue weighted by atomic mass is 10.2. The van der Waals surface area contributed by atoms with Crippen LogP contribution in [0.25, 0.3) is 10.2 Å². The lowest BCUT2D eigenvalue weighted by Crippen LogP contribution is -2.37. The van der Waals surface area contributed by atoms with Crippen LogP contribution in [0, 0.1) is 11.8 Å². The van der Waals surface area contributed by atoms with E-state index in [0.29, 0.717) is 35.0 Å². The molecule has 3 rings (SSSR count). The number of aryl methyl sites for hydroxylation is 1. The van der Waals surface area contributed by atoms with Gasteiger partial charge in [0.05, 0.1) is 29.3 Å². The molecule has 0 fully saturated rings. The van der Waals surface area contributed by atoms with Crippen LogP contribution in [0.2, 0.25) is 0 Å². The molecular weight excluding hydrogens is 486 g/mol. The number of hydrogen-bond donors (Lipinski definition) is 0. The molecule has 1 heterocycles. The summed E-state index contributed by atoms with van der Waals surface area (Å²) in [6.07, 6.45) is 0. The molecule has 190 valence electrons. The zero-order valence-corrected chi connectivity index (χ0v) is 22.9. The molecule has 0 saturated carbocycles. The number of ether oxygens (including phenoxy) is 2. The van der Waals surface area contributed by atoms with Crippen LogP contribution in [0.1, 0.15) is 38.1 Å². The fraction of sp³-hybridized carbons (Fsp3) is 0.440. The molecule has 10 heteroatoms. The maximum Gasteiger partial charge on any atom is 0.279 e. The number of sulfonamides is 1. The van der Waals surface area contributed by atoms with Gasteiger partial charge in [0, 0.05) is 37.8 Å². The van der Waals surface area contributed by atoms with E-state index in [1.807, 2.05) is 51.4 Å². The number of methoxy groups -OCH3 is 2. The molecule has 0 N–H and O–H groups in total. The van der Waals surface area contributed by atoms with E-state index >= 15 is 0 Å². The van der Waals surface area contributed by atoms with Gasteiger partial charge in [-0.15, -0.1) is 0 Å². The number of hydrogen-bond acceptors (Lipinski definition) is 6. The minimum Gasteiger partial charge on any atom is -0.493 e. The summed E-state index contributed by atoms with van der Waals surface area (Å²) in [5.41, 5.74) is 1.17. The molecule has 2 aromatic carbocycles. The minimum absolute atomic E-state index is 0.168. The minimum atomic E-state index is -3.66. The summed E-state index contributed by atoms with van der Waals surface area (Å²) in [6.45, 7) is 8.85. The highest BCUT2D eigenvalue weighted by Gasteiger charge is 2.26. The Labute approximate surface area is 210 Å². The standard InChI is InChI=1S/C25H33N3O5S2/c1-16(2)14-28(15-17(3)4)35(30,31)19-10-8-18(9-11-19)24(29)26-25-27(5)20-12-21(32-6)22(33-7)13-23(20)34-25/h8-13,16-17H,14-15H2,1-7H3. The molecule has 0 unspecified atom stereocenters. The second kappa shape index (κ2) is 10.9. The normalized spacial score (nSPS) is 12.8. The van der Waals surface area contributed by atoms with Crippen LogP contribution in [0.5, 0.6) is 11.5 Å². The average molecular weight is 520 g/mol. The summed E-state index contributed by atoms with van der Waals surface area (Å²) in [7, 11) is 1.30. The lowest BCUT2D eigenvalue weighted by Gasteiger charge is -2.25. The van der Waals surface area contributed by atoms with Crippen LogP contribution in [0.15, 0.2) is 46.3 Å². The first-order chi connectivity index (χ1) is 16.5. The van der Waals surface area contributed by atoms with Crippen LogP contribution in [0.3, 0.4) is 0 Å². The molecular formula is C25H33N3O5S2. The number of carbonyl (C=O) groups excluding carboxylic acids is 1. The van der Waals surface area contributed by atoms with E-state index in [9.17, 15) is 13.2 Å². The van der Waals surface area contributed by atoms with Gasteiger partial charge >= 0.3 is 0 Å². The molecule has 0 spiro atoms. The van der Waals surface area contributed by atoms with Crippen LogP contribution >= 0.6 is 11.3 Å². The number of fused-ring (bicyclic) bond motifs is 1. The maximum absolute atomic E-state index is 13.2. The van der Waals surface area contributed by atoms with E-state index in [1.165, 1.54) is 39.9 Å². The summed E-state index contributed by atoms with van der Waals surface area (Å²) < 4.78 is 41.4. The number of nitrogens with zero attached hydrogens (tertiary/aromatic N) is 3. The molecule has 0 bridgehead atoms. The van der Waals surface area contributed by atoms with Gasteiger partial charge in [0.2, 0.25) is 10.0 Å². The second-order valence-electron chi connectivity index (χ2n) is 9.17. The highest BCUT2D eigenvalue weighted by molar-refractivity contribution is 7.89. The number of carbonyl (C=O) groups is 1. The number of amides is 1. The van der Waals surface area contributed by atoms with Crippen molar-refractivity contribution in [1.82, 2.24) is 8.87 Å². The van der Waals surface area contributed by atoms with Gasteiger partial charge in [-0.1, -0.05) is 39.0 Å². The van der Waals surface area contributed by atoms with Crippen LogP contribution in [-0.2, 0) is 17.1 Å². The first-order valence-electron chi connectivity index (χ1n) is 11.4. The SMILES string of the molecule is COc1cc2sc(=NC(=O)c3ccc(S(=O)(=O)N(CC(C)C)CC(C)C)cc3)n(C)c2cc1OC. The summed E-state index contributed by atoms with van der Waals surface area (Å²) in [6, 6.07) is 9.68. The largest absolute Gasteiger partial charge is 0.493 e. The quantitative estimate of drug-likeness (QED) is 0.420. The van der Waals surface area contributed by atoms with Crippen LogP contribution in [0.4, 0.5) is 0 Å². The summed E-state index contributed by atoms with van der Waals surface area (Å²) >= 11 is 1.36. The first kappa shape index (κ1) is 26.9. The lowest BCUT2D eigenvalue weighted by molar-refractivity contribution is 0.0998. The van der Waals surface area contributed by atoms with Crippen molar-refractivity contribution >= 4 is 37.5 Å². The van der Waals surface area contributed by atoms with Crippen molar-refractivity contribution in [3.63, 3.8) is 0 Å². The fourth-order valence-corrected chi connectivity index (χ4v) is 6.51. The predicted molar refractivity (Wildman–Crippen MR) is 139 cm³/mol. The molecule has 1 amide bonds. The van der Waals surface area contributed by atoms with Gasteiger partial charge in [0.25, 0.3) is 5.91 Å². The van der Waals surface area contributed by atoms with Crippen molar-refractivity contribution in [3.8, 4) is 11.5 Å². The van der Waals surface area contributed by atoms with Gasteiger partial charge in [-0.25, -0.2) is 8.42 Å². The number of benzene rings is 2. The summed E-state index contributed by atoms with van der Waals surface area (Å²) in [5.74, 6) is 1.14. The Morgan fingerprint density at radius 2 is 1.54 bits per heavy atom. The zero-order chi connectivity index (χ0) is 25.9. The Morgan fingerprint density at radius 3 is 2.06 bits per heavy atom. The van der Waals surface area contributed by atoms with E-state index in [2.05, 4.69) is 4.99 Å². The Kier molecular flexibility index (Phi) is 8.40. The molecule has 1 aromatic heterocycles. The molecule has 8 nitrogen and oxygen atoms in total. The Morgan fingerprint density at radius 1 is 1.00 bits per heavy atom. The van der Waals surface area contributed by atoms with E-state index in [0.717, 1.165) is 10.2 Å². The molecule has 0 aliphatic heterocycles. The first-order valence-corrected chi connectivity index (χ1v) is 13.6. The van der Waals surface area contributed by atoms with Gasteiger partial charge in [-0.3, -0.25) is 4.79 Å². The third kappa shape index (κ3) is 5.94. The number of rotatable bonds is 9. The molecule has 0 aliphatic carbocycles. The van der Waals surface area contributed by atoms with E-state index < -0.39 is 15.9 Å². The summed E-state index contributed by atoms with van der Waals surface area (Å²) in [5, 5.41) is 0. The highest BCUT2D eigenvalue weighted by atomic mass is 32.2. The second-order valence-corrected chi connectivity index (χ2v) is 12.1. The van der Waals surface area contributed by atoms with Crippen molar-refractivity contribution < 1.29 is 22.7 Å². The van der Waals surface area contributed by atoms with Gasteiger partial charge in [0.1, 0.15) is 0 Å². The van der Waals surface area contributed by atoms with Crippen molar-refractivity contribution in [2.45, 2.75) is 32.6 Å². The third-order valence-electron chi connectivity index (χ3n) is 5.39. The van der Waals surface area contributed by atoms with E-state index in [4.69, 9.17) is 9.47 Å². The Bertz CT molecular complexity index is 1360. The molecule has 0 saturated heterocycles. The average Bonchev–Trinajstić information content (AvgIpc) is 3.11. The smallest absolute Gasteiger partial charge is 0.279 e. The van der Waals surface area contributed by atoms with E-state index in [-0.39, 0.29) is 16.7 Å². The van der Waals surface area contributed by atoms with Crippen molar-refractivity contribution in [2.24, 2.45) is 23.9 Å². The van der Waals surface area contributed by atoms with Gasteiger partial charge < -0.3 is 14.0 Å². The molecule has 0 atom stereocenters. The summed E-state index contributed by atoms with van der Waals surface area (Å²) in [4.78, 5) is 17.9. The topological polar surface area (TPSA) is 90.2 Å². The monoisotopic (exact) mass is 519 g/mol. The number of thiazole rings is 1. The van der Waals surface area contributed by atoms with Crippen molar-refractivity contribution in [1.29, 1.82) is 0 Å². The molecule has 35 heavy (non-hydrogen) atoms. The molecule has 0 radical (unpaired) electrons. The van der Waals surface area contributed by atoms with E-state index in [1.54, 1.807) is 14.2 Å². The van der Waals surface area contributed by atoms with Gasteiger partial charge in [0.15, 0.2) is 16.3 Å². The van der Waals surface area contributed by atoms with Gasteiger partial charge in [-0.05, 0) is 36.1 Å². The number of aromatic nitrogens is 1. The third-order valence-corrected chi connectivity index (χ3v) is 8.33. The Hall–Kier alpha value is -2.69. The predicted octanol–water partition coefficient (Wildman–Crippen LogP) is 4.30. The van der Waals surface area contributed by atoms with Crippen molar-refractivity contribution in [2.75, 3.05) is 27.3 Å². The van der Waals surface area contributed by atoms with Crippen LogP contribution in [-0.4, -0.2) is 50.5 Å². The maximum atomic E-state index is 13.2. The highest BCUT2D eigenvalue weighted by Crippen LogP contribution is 2.33. The molecule has 3 aromatic rings. The van der Waals surface area contributed by atoms with Crippen molar-refractivity contribution in [3.05, 3.63) is 46.8 Å².